The third-order valence-electron chi connectivity index (χ3n) is 3.32. The van der Waals surface area contributed by atoms with Crippen LogP contribution in [0.2, 0.25) is 0 Å². The number of ether oxygens (including phenoxy) is 1. The van der Waals surface area contributed by atoms with Crippen LogP contribution >= 0.6 is 11.6 Å². The predicted molar refractivity (Wildman–Crippen MR) is 77.0 cm³/mol. The van der Waals surface area contributed by atoms with E-state index in [4.69, 9.17) is 16.3 Å². The highest BCUT2D eigenvalue weighted by Crippen LogP contribution is 2.38. The van der Waals surface area contributed by atoms with Crippen LogP contribution in [0.1, 0.15) is 17.4 Å². The fourth-order valence-corrected chi connectivity index (χ4v) is 3.80. The first-order valence-electron chi connectivity index (χ1n) is 6.30. The molecule has 0 bridgehead atoms. The molecule has 20 heavy (non-hydrogen) atoms. The summed E-state index contributed by atoms with van der Waals surface area (Å²) in [5, 5.41) is -0.118. The third-order valence-corrected chi connectivity index (χ3v) is 5.54. The van der Waals surface area contributed by atoms with Crippen molar-refractivity contribution >= 4 is 21.4 Å². The molecule has 0 aliphatic carbocycles. The topological polar surface area (TPSA) is 43.4 Å². The van der Waals surface area contributed by atoms with E-state index in [1.165, 1.54) is 0 Å². The van der Waals surface area contributed by atoms with E-state index in [0.717, 1.165) is 12.0 Å². The number of benzene rings is 2. The van der Waals surface area contributed by atoms with Crippen LogP contribution in [0, 0.1) is 0 Å². The minimum atomic E-state index is -3.51. The molecule has 0 fully saturated rings. The molecule has 1 heterocycles. The largest absolute Gasteiger partial charge is 0.493 e. The number of sulfone groups is 1. The third kappa shape index (κ3) is 2.30. The summed E-state index contributed by atoms with van der Waals surface area (Å²) in [4.78, 5) is 0.506. The van der Waals surface area contributed by atoms with Crippen LogP contribution in [-0.4, -0.2) is 15.0 Å². The Morgan fingerprint density at radius 1 is 1.05 bits per heavy atom. The Hall–Kier alpha value is -1.52. The van der Waals surface area contributed by atoms with Gasteiger partial charge in [0.15, 0.2) is 0 Å². The zero-order chi connectivity index (χ0) is 14.2. The number of alkyl halides is 1. The van der Waals surface area contributed by atoms with Gasteiger partial charge in [0.1, 0.15) is 5.75 Å². The Kier molecular flexibility index (Phi) is 3.44. The molecule has 5 heteroatoms. The Morgan fingerprint density at radius 2 is 1.80 bits per heavy atom. The number of rotatable bonds is 2. The van der Waals surface area contributed by atoms with E-state index in [9.17, 15) is 8.42 Å². The SMILES string of the molecule is O=S(=O)(c1ccccc1)c1ccc2c(c1)OCCC2Cl. The normalized spacial score (nSPS) is 18.1. The summed E-state index contributed by atoms with van der Waals surface area (Å²) in [5.41, 5.74) is 0.852. The van der Waals surface area contributed by atoms with Gasteiger partial charge in [-0.25, -0.2) is 8.42 Å². The molecule has 3 rings (SSSR count). The summed E-state index contributed by atoms with van der Waals surface area (Å²) in [6, 6.07) is 13.2. The highest BCUT2D eigenvalue weighted by atomic mass is 35.5. The van der Waals surface area contributed by atoms with E-state index in [-0.39, 0.29) is 15.2 Å². The minimum absolute atomic E-state index is 0.118. The second kappa shape index (κ2) is 5.11. The molecule has 2 aromatic rings. The van der Waals surface area contributed by atoms with E-state index in [1.807, 2.05) is 0 Å². The smallest absolute Gasteiger partial charge is 0.206 e. The summed E-state index contributed by atoms with van der Waals surface area (Å²) < 4.78 is 30.5. The lowest BCUT2D eigenvalue weighted by molar-refractivity contribution is 0.284. The minimum Gasteiger partial charge on any atom is -0.493 e. The van der Waals surface area contributed by atoms with Crippen LogP contribution in [0.15, 0.2) is 58.3 Å². The van der Waals surface area contributed by atoms with Crippen molar-refractivity contribution in [3.63, 3.8) is 0 Å². The van der Waals surface area contributed by atoms with Crippen molar-refractivity contribution in [1.82, 2.24) is 0 Å². The van der Waals surface area contributed by atoms with E-state index in [1.54, 1.807) is 48.5 Å². The molecule has 0 N–H and O–H groups in total. The summed E-state index contributed by atoms with van der Waals surface area (Å²) >= 11 is 6.20. The molecule has 0 saturated carbocycles. The molecule has 0 saturated heterocycles. The first-order chi connectivity index (χ1) is 9.59. The van der Waals surface area contributed by atoms with Gasteiger partial charge >= 0.3 is 0 Å². The van der Waals surface area contributed by atoms with Crippen LogP contribution < -0.4 is 4.74 Å². The highest BCUT2D eigenvalue weighted by Gasteiger charge is 2.23. The first-order valence-corrected chi connectivity index (χ1v) is 8.22. The molecule has 0 radical (unpaired) electrons. The van der Waals surface area contributed by atoms with Crippen molar-refractivity contribution in [2.24, 2.45) is 0 Å². The van der Waals surface area contributed by atoms with E-state index >= 15 is 0 Å². The van der Waals surface area contributed by atoms with Crippen LogP contribution in [0.5, 0.6) is 5.75 Å². The Labute approximate surface area is 123 Å². The average Bonchev–Trinajstić information content (AvgIpc) is 2.48. The van der Waals surface area contributed by atoms with Gasteiger partial charge in [-0.1, -0.05) is 24.3 Å². The van der Waals surface area contributed by atoms with Crippen molar-refractivity contribution in [3.05, 3.63) is 54.1 Å². The van der Waals surface area contributed by atoms with E-state index < -0.39 is 9.84 Å². The maximum atomic E-state index is 12.5. The van der Waals surface area contributed by atoms with Gasteiger partial charge in [-0.15, -0.1) is 11.6 Å². The van der Waals surface area contributed by atoms with Gasteiger partial charge < -0.3 is 4.74 Å². The van der Waals surface area contributed by atoms with E-state index in [0.29, 0.717) is 12.4 Å². The lowest BCUT2D eigenvalue weighted by Gasteiger charge is -2.22. The lowest BCUT2D eigenvalue weighted by Crippen LogP contribution is -2.12. The Bertz CT molecular complexity index is 726. The fraction of sp³-hybridized carbons (Fsp3) is 0.200. The number of hydrogen-bond donors (Lipinski definition) is 0. The molecule has 0 aromatic heterocycles. The summed E-state index contributed by atoms with van der Waals surface area (Å²) in [6.45, 7) is 0.510. The van der Waals surface area contributed by atoms with Gasteiger partial charge in [0.2, 0.25) is 9.84 Å². The van der Waals surface area contributed by atoms with Crippen LogP contribution in [-0.2, 0) is 9.84 Å². The van der Waals surface area contributed by atoms with Crippen LogP contribution in [0.4, 0.5) is 0 Å². The predicted octanol–water partition coefficient (Wildman–Crippen LogP) is 3.58. The standard InChI is InChI=1S/C15H13ClO3S/c16-14-8-9-19-15-10-12(6-7-13(14)15)20(17,18)11-4-2-1-3-5-11/h1-7,10,14H,8-9H2. The second-order valence-corrected chi connectivity index (χ2v) is 7.10. The number of hydrogen-bond acceptors (Lipinski definition) is 3. The number of fused-ring (bicyclic) bond motifs is 1. The Balaban J connectivity index is 2.08. The van der Waals surface area contributed by atoms with E-state index in [2.05, 4.69) is 0 Å². The van der Waals surface area contributed by atoms with Gasteiger partial charge in [-0.05, 0) is 24.3 Å². The molecule has 1 atom stereocenters. The zero-order valence-corrected chi connectivity index (χ0v) is 12.2. The van der Waals surface area contributed by atoms with Gasteiger partial charge in [0.05, 0.1) is 21.8 Å². The van der Waals surface area contributed by atoms with Gasteiger partial charge in [0.25, 0.3) is 0 Å². The molecular weight excluding hydrogens is 296 g/mol. The molecule has 0 spiro atoms. The van der Waals surface area contributed by atoms with Crippen molar-refractivity contribution in [3.8, 4) is 5.75 Å². The monoisotopic (exact) mass is 308 g/mol. The van der Waals surface area contributed by atoms with Crippen LogP contribution in [0.25, 0.3) is 0 Å². The molecular formula is C15H13ClO3S. The maximum absolute atomic E-state index is 12.5. The number of halogens is 1. The molecule has 1 aliphatic rings. The van der Waals surface area contributed by atoms with Crippen molar-refractivity contribution in [2.75, 3.05) is 6.61 Å². The Morgan fingerprint density at radius 3 is 2.55 bits per heavy atom. The second-order valence-electron chi connectivity index (χ2n) is 4.62. The average molecular weight is 309 g/mol. The van der Waals surface area contributed by atoms with Gasteiger partial charge in [-0.2, -0.15) is 0 Å². The molecule has 0 amide bonds. The molecule has 3 nitrogen and oxygen atoms in total. The van der Waals surface area contributed by atoms with Crippen LogP contribution in [0.3, 0.4) is 0 Å². The molecule has 1 unspecified atom stereocenters. The fourth-order valence-electron chi connectivity index (χ4n) is 2.23. The summed E-state index contributed by atoms with van der Waals surface area (Å²) in [5.74, 6) is 0.563. The first kappa shape index (κ1) is 13.5. The quantitative estimate of drug-likeness (QED) is 0.796. The van der Waals surface area contributed by atoms with Gasteiger partial charge in [-0.3, -0.25) is 0 Å². The zero-order valence-electron chi connectivity index (χ0n) is 10.6. The molecule has 1 aliphatic heterocycles. The lowest BCUT2D eigenvalue weighted by atomic mass is 10.1. The molecule has 104 valence electrons. The van der Waals surface area contributed by atoms with Crippen molar-refractivity contribution in [1.29, 1.82) is 0 Å². The highest BCUT2D eigenvalue weighted by molar-refractivity contribution is 7.91. The summed E-state index contributed by atoms with van der Waals surface area (Å²) in [6.07, 6.45) is 0.735. The maximum Gasteiger partial charge on any atom is 0.206 e. The van der Waals surface area contributed by atoms with Crippen molar-refractivity contribution < 1.29 is 13.2 Å². The van der Waals surface area contributed by atoms with Crippen molar-refractivity contribution in [2.45, 2.75) is 21.6 Å². The summed E-state index contributed by atoms with van der Waals surface area (Å²) in [7, 11) is -3.51. The van der Waals surface area contributed by atoms with Gasteiger partial charge in [0, 0.05) is 12.0 Å². The molecule has 2 aromatic carbocycles.